The number of anilines is 2. The van der Waals surface area contributed by atoms with Gasteiger partial charge >= 0.3 is 6.03 Å². The summed E-state index contributed by atoms with van der Waals surface area (Å²) >= 11 is 0. The summed E-state index contributed by atoms with van der Waals surface area (Å²) in [5.74, 6) is -0.260. The number of hydrogen-bond acceptors (Lipinski definition) is 5. The van der Waals surface area contributed by atoms with E-state index in [4.69, 9.17) is 0 Å². The molecule has 0 atom stereocenters. The molecule has 2 aliphatic rings. The quantitative estimate of drug-likeness (QED) is 0.492. The zero-order chi connectivity index (χ0) is 27.2. The third kappa shape index (κ3) is 5.87. The van der Waals surface area contributed by atoms with E-state index in [1.54, 1.807) is 16.0 Å². The Morgan fingerprint density at radius 3 is 2.46 bits per heavy atom. The van der Waals surface area contributed by atoms with Crippen LogP contribution in [0.4, 0.5) is 16.2 Å². The van der Waals surface area contributed by atoms with E-state index < -0.39 is 5.54 Å². The monoisotopic (exact) mass is 526 g/mol. The lowest BCUT2D eigenvalue weighted by atomic mass is 9.85. The number of likely N-dealkylation sites (tertiary alicyclic amines) is 1. The molecule has 9 nitrogen and oxygen atoms in total. The molecule has 0 aliphatic carbocycles. The minimum absolute atomic E-state index is 0.0102. The van der Waals surface area contributed by atoms with Gasteiger partial charge in [0, 0.05) is 49.3 Å². The molecular formula is C30H34N6O3. The Labute approximate surface area is 228 Å². The van der Waals surface area contributed by atoms with Crippen LogP contribution in [0.2, 0.25) is 0 Å². The fourth-order valence-corrected chi connectivity index (χ4v) is 5.43. The summed E-state index contributed by atoms with van der Waals surface area (Å²) < 4.78 is 0. The van der Waals surface area contributed by atoms with Crippen molar-refractivity contribution in [2.75, 3.05) is 43.1 Å². The maximum Gasteiger partial charge on any atom is 0.321 e. The molecule has 39 heavy (non-hydrogen) atoms. The third-order valence-corrected chi connectivity index (χ3v) is 7.49. The number of benzene rings is 2. The Morgan fingerprint density at radius 1 is 0.974 bits per heavy atom. The predicted octanol–water partition coefficient (Wildman–Crippen LogP) is 3.42. The lowest BCUT2D eigenvalue weighted by molar-refractivity contribution is -0.137. The molecule has 4 amide bonds. The molecule has 0 bridgehead atoms. The van der Waals surface area contributed by atoms with Crippen LogP contribution in [0.25, 0.3) is 0 Å². The molecule has 2 aliphatic heterocycles. The lowest BCUT2D eigenvalue weighted by Crippen LogP contribution is -2.58. The molecule has 2 fully saturated rings. The molecule has 202 valence electrons. The van der Waals surface area contributed by atoms with Crippen LogP contribution in [-0.2, 0) is 16.0 Å². The van der Waals surface area contributed by atoms with Crippen molar-refractivity contribution >= 4 is 29.2 Å². The molecule has 3 heterocycles. The largest absolute Gasteiger partial charge is 0.354 e. The second-order valence-electron chi connectivity index (χ2n) is 10.1. The number of nitrogens with one attached hydrogen (secondary N) is 2. The first-order chi connectivity index (χ1) is 18.9. The average Bonchev–Trinajstić information content (AvgIpc) is 3.20. The molecule has 3 aromatic rings. The Hall–Kier alpha value is -4.40. The Kier molecular flexibility index (Phi) is 7.76. The van der Waals surface area contributed by atoms with Crippen LogP contribution in [0, 0.1) is 6.92 Å². The second-order valence-corrected chi connectivity index (χ2v) is 10.1. The maximum atomic E-state index is 13.9. The molecule has 0 radical (unpaired) electrons. The lowest BCUT2D eigenvalue weighted by Gasteiger charge is -2.43. The van der Waals surface area contributed by atoms with Crippen molar-refractivity contribution in [3.05, 3.63) is 90.3 Å². The number of piperidine rings is 1. The summed E-state index contributed by atoms with van der Waals surface area (Å²) in [7, 11) is 0. The zero-order valence-corrected chi connectivity index (χ0v) is 22.2. The van der Waals surface area contributed by atoms with E-state index in [-0.39, 0.29) is 24.4 Å². The topological polar surface area (TPSA) is 97.9 Å². The van der Waals surface area contributed by atoms with E-state index in [0.717, 1.165) is 22.6 Å². The van der Waals surface area contributed by atoms with Gasteiger partial charge in [0.15, 0.2) is 0 Å². The van der Waals surface area contributed by atoms with Crippen LogP contribution in [0.1, 0.15) is 24.1 Å². The number of aromatic nitrogens is 1. The van der Waals surface area contributed by atoms with Crippen molar-refractivity contribution in [1.82, 2.24) is 20.1 Å². The van der Waals surface area contributed by atoms with Gasteiger partial charge in [-0.2, -0.15) is 0 Å². The van der Waals surface area contributed by atoms with Gasteiger partial charge in [0.05, 0.1) is 6.67 Å². The fourth-order valence-electron chi connectivity index (χ4n) is 5.43. The van der Waals surface area contributed by atoms with Gasteiger partial charge in [-0.05, 0) is 61.7 Å². The molecular weight excluding hydrogens is 492 g/mol. The Balaban J connectivity index is 1.24. The van der Waals surface area contributed by atoms with E-state index in [2.05, 4.69) is 20.5 Å². The van der Waals surface area contributed by atoms with Crippen LogP contribution in [0.5, 0.6) is 0 Å². The molecule has 0 unspecified atom stereocenters. The minimum Gasteiger partial charge on any atom is -0.354 e. The molecule has 9 heteroatoms. The number of carbonyl (C=O) groups is 3. The normalized spacial score (nSPS) is 16.4. The highest BCUT2D eigenvalue weighted by atomic mass is 16.2. The molecule has 2 N–H and O–H groups in total. The second kappa shape index (κ2) is 11.6. The summed E-state index contributed by atoms with van der Waals surface area (Å²) in [4.78, 5) is 49.4. The summed E-state index contributed by atoms with van der Waals surface area (Å²) in [5, 5.41) is 5.89. The Morgan fingerprint density at radius 2 is 1.74 bits per heavy atom. The zero-order valence-electron chi connectivity index (χ0n) is 22.2. The first-order valence-electron chi connectivity index (χ1n) is 13.4. The average molecular weight is 527 g/mol. The number of carbonyl (C=O) groups excluding carboxylic acids is 3. The van der Waals surface area contributed by atoms with Gasteiger partial charge < -0.3 is 25.3 Å². The van der Waals surface area contributed by atoms with Gasteiger partial charge in [-0.25, -0.2) is 4.79 Å². The van der Waals surface area contributed by atoms with Crippen molar-refractivity contribution in [2.45, 2.75) is 31.7 Å². The smallest absolute Gasteiger partial charge is 0.321 e. The van der Waals surface area contributed by atoms with E-state index >= 15 is 0 Å². The van der Waals surface area contributed by atoms with Gasteiger partial charge in [0.2, 0.25) is 5.91 Å². The predicted molar refractivity (Wildman–Crippen MR) is 150 cm³/mol. The van der Waals surface area contributed by atoms with E-state index in [0.29, 0.717) is 45.6 Å². The molecule has 2 aromatic carbocycles. The highest BCUT2D eigenvalue weighted by molar-refractivity contribution is 5.97. The van der Waals surface area contributed by atoms with Crippen LogP contribution in [-0.4, -0.2) is 71.0 Å². The van der Waals surface area contributed by atoms with E-state index in [1.807, 2.05) is 79.7 Å². The summed E-state index contributed by atoms with van der Waals surface area (Å²) in [6.45, 7) is 3.64. The molecule has 2 saturated heterocycles. The molecule has 0 saturated carbocycles. The van der Waals surface area contributed by atoms with Gasteiger partial charge in [-0.1, -0.05) is 36.4 Å². The van der Waals surface area contributed by atoms with Crippen molar-refractivity contribution in [3.63, 3.8) is 0 Å². The number of pyridine rings is 1. The van der Waals surface area contributed by atoms with Gasteiger partial charge in [0.1, 0.15) is 12.1 Å². The van der Waals surface area contributed by atoms with Gasteiger partial charge in [0.25, 0.3) is 5.91 Å². The first kappa shape index (κ1) is 26.2. The van der Waals surface area contributed by atoms with Crippen LogP contribution >= 0.6 is 0 Å². The fraction of sp³-hybridized carbons (Fsp3) is 0.333. The highest BCUT2D eigenvalue weighted by Gasteiger charge is 2.54. The number of aryl methyl sites for hydroxylation is 1. The number of rotatable bonds is 7. The molecule has 1 spiro atoms. The number of amides is 4. The number of nitrogens with zero attached hydrogens (tertiary/aromatic N) is 4. The van der Waals surface area contributed by atoms with Crippen molar-refractivity contribution in [2.24, 2.45) is 0 Å². The van der Waals surface area contributed by atoms with Crippen LogP contribution < -0.4 is 15.5 Å². The summed E-state index contributed by atoms with van der Waals surface area (Å²) in [6, 6.07) is 23.0. The van der Waals surface area contributed by atoms with Crippen LogP contribution in [0.15, 0.2) is 79.0 Å². The van der Waals surface area contributed by atoms with Crippen molar-refractivity contribution in [3.8, 4) is 0 Å². The number of para-hydroxylation sites is 1. The maximum absolute atomic E-state index is 13.9. The van der Waals surface area contributed by atoms with Gasteiger partial charge in [-0.3, -0.25) is 14.6 Å². The third-order valence-electron chi connectivity index (χ3n) is 7.49. The molecule has 5 rings (SSSR count). The number of urea groups is 1. The van der Waals surface area contributed by atoms with Crippen molar-refractivity contribution in [1.29, 1.82) is 0 Å². The Bertz CT molecular complexity index is 1310. The van der Waals surface area contributed by atoms with E-state index in [9.17, 15) is 14.4 Å². The van der Waals surface area contributed by atoms with Gasteiger partial charge in [-0.15, -0.1) is 0 Å². The molecule has 1 aromatic heterocycles. The van der Waals surface area contributed by atoms with E-state index in [1.165, 1.54) is 0 Å². The summed E-state index contributed by atoms with van der Waals surface area (Å²) in [5.41, 5.74) is 2.86. The SMILES string of the molecule is Cc1cccc(NC(=O)N2CCC3(CC2)C(=O)N(CC(=O)NCCc2ccccn2)CN3c2ccccc2)c1. The van der Waals surface area contributed by atoms with Crippen molar-refractivity contribution < 1.29 is 14.4 Å². The van der Waals surface area contributed by atoms with Crippen LogP contribution in [0.3, 0.4) is 0 Å². The number of hydrogen-bond donors (Lipinski definition) is 2. The standard InChI is InChI=1S/C30H34N6O3/c1-23-8-7-10-25(20-23)33-29(39)34-18-14-30(15-19-34)28(38)35(22-36(30)26-11-3-2-4-12-26)21-27(37)32-17-13-24-9-5-6-16-31-24/h2-12,16,20H,13-15,17-19,21-22H2,1H3,(H,32,37)(H,33,39). The summed E-state index contributed by atoms with van der Waals surface area (Å²) in [6.07, 6.45) is 3.33. The first-order valence-corrected chi connectivity index (χ1v) is 13.4. The minimum atomic E-state index is -0.796. The highest BCUT2D eigenvalue weighted by Crippen LogP contribution is 2.39.